The van der Waals surface area contributed by atoms with Gasteiger partial charge in [-0.2, -0.15) is 11.8 Å². The van der Waals surface area contributed by atoms with Crippen molar-refractivity contribution in [1.82, 2.24) is 0 Å². The van der Waals surface area contributed by atoms with E-state index in [0.717, 1.165) is 18.6 Å². The molecule has 1 saturated carbocycles. The summed E-state index contributed by atoms with van der Waals surface area (Å²) >= 11 is 1.63. The van der Waals surface area contributed by atoms with Crippen molar-refractivity contribution in [3.8, 4) is 0 Å². The summed E-state index contributed by atoms with van der Waals surface area (Å²) in [5.41, 5.74) is -0.317. The maximum absolute atomic E-state index is 11.9. The monoisotopic (exact) mass is 280 g/mol. The lowest BCUT2D eigenvalue weighted by Crippen LogP contribution is -2.23. The second kappa shape index (κ2) is 6.09. The van der Waals surface area contributed by atoms with E-state index < -0.39 is 9.84 Å². The van der Waals surface area contributed by atoms with Crippen LogP contribution in [0.15, 0.2) is 0 Å². The van der Waals surface area contributed by atoms with Gasteiger partial charge in [-0.15, -0.1) is 0 Å². The number of hydrogen-bond acceptors (Lipinski definition) is 5. The van der Waals surface area contributed by atoms with E-state index in [1.807, 2.05) is 6.92 Å². The van der Waals surface area contributed by atoms with Crippen molar-refractivity contribution in [1.29, 1.82) is 0 Å². The summed E-state index contributed by atoms with van der Waals surface area (Å²) in [6.07, 6.45) is 1.88. The molecule has 0 atom stereocenters. The summed E-state index contributed by atoms with van der Waals surface area (Å²) < 4.78 is 28.3. The van der Waals surface area contributed by atoms with E-state index in [-0.39, 0.29) is 29.3 Å². The van der Waals surface area contributed by atoms with Crippen LogP contribution < -0.4 is 0 Å². The molecular formula is C11H20O4S2. The van der Waals surface area contributed by atoms with Gasteiger partial charge in [-0.3, -0.25) is 4.79 Å². The number of methoxy groups -OCH3 is 1. The molecule has 0 saturated heterocycles. The highest BCUT2D eigenvalue weighted by Crippen LogP contribution is 2.50. The van der Waals surface area contributed by atoms with Gasteiger partial charge in [0.1, 0.15) is 0 Å². The fourth-order valence-corrected chi connectivity index (χ4v) is 5.04. The van der Waals surface area contributed by atoms with Gasteiger partial charge in [-0.1, -0.05) is 6.92 Å². The van der Waals surface area contributed by atoms with Crippen LogP contribution in [0.1, 0.15) is 26.2 Å². The Kier molecular flexibility index (Phi) is 5.31. The Morgan fingerprint density at radius 1 is 1.41 bits per heavy atom. The number of carbonyl (C=O) groups excluding carboxylic acids is 1. The quantitative estimate of drug-likeness (QED) is 0.498. The Balaban J connectivity index is 2.44. The number of carbonyl (C=O) groups is 1. The Morgan fingerprint density at radius 2 is 2.06 bits per heavy atom. The van der Waals surface area contributed by atoms with Gasteiger partial charge in [0.25, 0.3) is 0 Å². The summed E-state index contributed by atoms with van der Waals surface area (Å²) in [5, 5.41) is 0. The number of hydrogen-bond donors (Lipinski definition) is 0. The number of thioether (sulfide) groups is 1. The molecule has 0 aromatic carbocycles. The minimum atomic E-state index is -3.03. The van der Waals surface area contributed by atoms with Gasteiger partial charge >= 0.3 is 5.97 Å². The van der Waals surface area contributed by atoms with Crippen LogP contribution >= 0.6 is 11.8 Å². The molecule has 100 valence electrons. The van der Waals surface area contributed by atoms with Gasteiger partial charge in [-0.25, -0.2) is 8.42 Å². The van der Waals surface area contributed by atoms with Crippen molar-refractivity contribution in [2.45, 2.75) is 26.2 Å². The topological polar surface area (TPSA) is 60.4 Å². The van der Waals surface area contributed by atoms with E-state index in [0.29, 0.717) is 5.75 Å². The third-order valence-electron chi connectivity index (χ3n) is 2.97. The van der Waals surface area contributed by atoms with Crippen LogP contribution in [-0.4, -0.2) is 44.5 Å². The number of esters is 1. The van der Waals surface area contributed by atoms with Crippen molar-refractivity contribution in [2.75, 3.05) is 30.1 Å². The second-order valence-corrected chi connectivity index (χ2v) is 8.12. The van der Waals surface area contributed by atoms with Crippen molar-refractivity contribution in [2.24, 2.45) is 5.41 Å². The Bertz CT molecular complexity index is 358. The molecule has 1 fully saturated rings. The van der Waals surface area contributed by atoms with E-state index in [2.05, 4.69) is 4.74 Å². The van der Waals surface area contributed by atoms with Crippen molar-refractivity contribution < 1.29 is 17.9 Å². The van der Waals surface area contributed by atoms with Crippen LogP contribution in [0.3, 0.4) is 0 Å². The molecule has 0 spiro atoms. The summed E-state index contributed by atoms with van der Waals surface area (Å²) in [6, 6.07) is 0. The number of sulfone groups is 1. The zero-order chi connectivity index (χ0) is 12.9. The normalized spacial score (nSPS) is 17.8. The minimum absolute atomic E-state index is 0.138. The maximum atomic E-state index is 11.9. The summed E-state index contributed by atoms with van der Waals surface area (Å²) in [6.45, 7) is 2.01. The zero-order valence-electron chi connectivity index (χ0n) is 10.4. The molecule has 4 nitrogen and oxygen atoms in total. The standard InChI is InChI=1S/C11H20O4S2/c1-3-16-6-7-17(13,14)9-11(4-5-11)8-10(12)15-2/h3-9H2,1-2H3. The van der Waals surface area contributed by atoms with Crippen LogP contribution in [0, 0.1) is 5.41 Å². The first-order valence-corrected chi connectivity index (χ1v) is 8.76. The molecule has 1 aliphatic carbocycles. The second-order valence-electron chi connectivity index (χ2n) is 4.54. The van der Waals surface area contributed by atoms with Crippen molar-refractivity contribution >= 4 is 27.6 Å². The van der Waals surface area contributed by atoms with E-state index in [1.54, 1.807) is 11.8 Å². The molecule has 0 aromatic rings. The first kappa shape index (κ1) is 14.8. The molecule has 0 heterocycles. The summed E-state index contributed by atoms with van der Waals surface area (Å²) in [7, 11) is -1.69. The predicted molar refractivity (Wildman–Crippen MR) is 70.0 cm³/mol. The highest BCUT2D eigenvalue weighted by Gasteiger charge is 2.47. The predicted octanol–water partition coefficient (Wildman–Crippen LogP) is 1.50. The molecule has 0 N–H and O–H groups in total. The van der Waals surface area contributed by atoms with E-state index in [9.17, 15) is 13.2 Å². The first-order valence-electron chi connectivity index (χ1n) is 5.78. The van der Waals surface area contributed by atoms with Gasteiger partial charge in [0, 0.05) is 5.75 Å². The molecule has 6 heteroatoms. The Hall–Kier alpha value is -0.230. The summed E-state index contributed by atoms with van der Waals surface area (Å²) in [5.74, 6) is 1.63. The van der Waals surface area contributed by atoms with Gasteiger partial charge in [-0.05, 0) is 24.0 Å². The fourth-order valence-electron chi connectivity index (χ4n) is 1.80. The van der Waals surface area contributed by atoms with Gasteiger partial charge in [0.15, 0.2) is 9.84 Å². The molecule has 0 bridgehead atoms. The molecule has 17 heavy (non-hydrogen) atoms. The van der Waals surface area contributed by atoms with Gasteiger partial charge < -0.3 is 4.74 Å². The third kappa shape index (κ3) is 5.29. The van der Waals surface area contributed by atoms with Crippen molar-refractivity contribution in [3.63, 3.8) is 0 Å². The van der Waals surface area contributed by atoms with Crippen molar-refractivity contribution in [3.05, 3.63) is 0 Å². The lowest BCUT2D eigenvalue weighted by molar-refractivity contribution is -0.141. The first-order chi connectivity index (χ1) is 7.93. The molecule has 0 aliphatic heterocycles. The van der Waals surface area contributed by atoms with Gasteiger partial charge in [0.05, 0.1) is 25.0 Å². The average Bonchev–Trinajstić information content (AvgIpc) is 2.96. The molecule has 0 amide bonds. The average molecular weight is 280 g/mol. The summed E-state index contributed by atoms with van der Waals surface area (Å²) in [4.78, 5) is 11.2. The number of ether oxygens (including phenoxy) is 1. The Labute approximate surface area is 107 Å². The smallest absolute Gasteiger partial charge is 0.306 e. The highest BCUT2D eigenvalue weighted by atomic mass is 32.2. The molecule has 0 aromatic heterocycles. The van der Waals surface area contributed by atoms with Crippen LogP contribution in [0.4, 0.5) is 0 Å². The Morgan fingerprint density at radius 3 is 2.53 bits per heavy atom. The third-order valence-corrected chi connectivity index (χ3v) is 6.01. The maximum Gasteiger partial charge on any atom is 0.306 e. The molecule has 1 rings (SSSR count). The molecule has 1 aliphatic rings. The highest BCUT2D eigenvalue weighted by molar-refractivity contribution is 8.00. The molecule has 0 unspecified atom stereocenters. The lowest BCUT2D eigenvalue weighted by atomic mass is 10.1. The minimum Gasteiger partial charge on any atom is -0.469 e. The fraction of sp³-hybridized carbons (Fsp3) is 0.909. The van der Waals surface area contributed by atoms with E-state index >= 15 is 0 Å². The number of rotatable bonds is 8. The van der Waals surface area contributed by atoms with Crippen LogP contribution in [0.25, 0.3) is 0 Å². The largest absolute Gasteiger partial charge is 0.469 e. The SMILES string of the molecule is CCSCCS(=O)(=O)CC1(CC(=O)OC)CC1. The van der Waals surface area contributed by atoms with Crippen LogP contribution in [0.2, 0.25) is 0 Å². The lowest BCUT2D eigenvalue weighted by Gasteiger charge is -2.13. The van der Waals surface area contributed by atoms with Crippen LogP contribution in [-0.2, 0) is 19.4 Å². The van der Waals surface area contributed by atoms with E-state index in [4.69, 9.17) is 0 Å². The zero-order valence-corrected chi connectivity index (χ0v) is 12.0. The van der Waals surface area contributed by atoms with Crippen LogP contribution in [0.5, 0.6) is 0 Å². The van der Waals surface area contributed by atoms with Gasteiger partial charge in [0.2, 0.25) is 0 Å². The molecular weight excluding hydrogens is 260 g/mol. The van der Waals surface area contributed by atoms with E-state index in [1.165, 1.54) is 7.11 Å². The molecule has 0 radical (unpaired) electrons.